The molecule has 5 aromatic rings. The summed E-state index contributed by atoms with van der Waals surface area (Å²) in [6.07, 6.45) is 7.75. The summed E-state index contributed by atoms with van der Waals surface area (Å²) in [4.78, 5) is 9.20. The Morgan fingerprint density at radius 3 is 2.06 bits per heavy atom. The van der Waals surface area contributed by atoms with Crippen molar-refractivity contribution >= 4 is 11.0 Å². The monoisotopic (exact) mass is 481 g/mol. The Labute approximate surface area is 207 Å². The van der Waals surface area contributed by atoms with E-state index in [4.69, 9.17) is 10.1 Å². The summed E-state index contributed by atoms with van der Waals surface area (Å²) in [5.41, 5.74) is 5.66. The van der Waals surface area contributed by atoms with Crippen LogP contribution >= 0.6 is 0 Å². The van der Waals surface area contributed by atoms with Crippen LogP contribution in [0.25, 0.3) is 44.5 Å². The highest BCUT2D eigenvalue weighted by Crippen LogP contribution is 2.43. The van der Waals surface area contributed by atoms with Gasteiger partial charge in [-0.2, -0.15) is 5.10 Å². The van der Waals surface area contributed by atoms with Crippen molar-refractivity contribution in [3.8, 4) is 33.5 Å². The zero-order valence-electron chi connectivity index (χ0n) is 19.7. The second-order valence-electron chi connectivity index (χ2n) is 9.24. The van der Waals surface area contributed by atoms with E-state index < -0.39 is 0 Å². The van der Waals surface area contributed by atoms with Crippen LogP contribution in [0.5, 0.6) is 0 Å². The summed E-state index contributed by atoms with van der Waals surface area (Å²) in [5.74, 6) is -0.0590. The molecule has 1 saturated heterocycles. The number of rotatable bonds is 5. The van der Waals surface area contributed by atoms with Crippen LogP contribution in [0.3, 0.4) is 0 Å². The summed E-state index contributed by atoms with van der Waals surface area (Å²) in [5, 5.41) is 9.18. The van der Waals surface area contributed by atoms with Gasteiger partial charge in [0.15, 0.2) is 5.65 Å². The molecule has 180 valence electrons. The predicted octanol–water partition coefficient (Wildman–Crippen LogP) is 6.11. The number of aromatic nitrogens is 4. The van der Waals surface area contributed by atoms with Gasteiger partial charge in [0.05, 0.1) is 5.69 Å². The number of benzene rings is 2. The molecule has 0 saturated carbocycles. The van der Waals surface area contributed by atoms with Gasteiger partial charge >= 0.3 is 0 Å². The number of piperidine rings is 1. The van der Waals surface area contributed by atoms with Crippen LogP contribution in [0.2, 0.25) is 0 Å². The quantitative estimate of drug-likeness (QED) is 0.329. The van der Waals surface area contributed by atoms with Gasteiger partial charge in [-0.3, -0.25) is 9.67 Å². The lowest BCUT2D eigenvalue weighted by Gasteiger charge is -2.22. The molecule has 3 aromatic heterocycles. The second-order valence-corrected chi connectivity index (χ2v) is 9.24. The highest BCUT2D eigenvalue weighted by atomic mass is 19.1. The van der Waals surface area contributed by atoms with E-state index in [0.29, 0.717) is 17.3 Å². The zero-order chi connectivity index (χ0) is 24.5. The Morgan fingerprint density at radius 2 is 1.39 bits per heavy atom. The fourth-order valence-electron chi connectivity index (χ4n) is 5.04. The van der Waals surface area contributed by atoms with Gasteiger partial charge in [-0.25, -0.2) is 13.8 Å². The van der Waals surface area contributed by atoms with Gasteiger partial charge in [0.2, 0.25) is 0 Å². The summed E-state index contributed by atoms with van der Waals surface area (Å²) >= 11 is 0. The highest BCUT2D eigenvalue weighted by molar-refractivity contribution is 6.05. The lowest BCUT2D eigenvalue weighted by atomic mass is 9.89. The van der Waals surface area contributed by atoms with Crippen molar-refractivity contribution in [3.63, 3.8) is 0 Å². The highest BCUT2D eigenvalue weighted by Gasteiger charge is 2.23. The van der Waals surface area contributed by atoms with Crippen LogP contribution < -0.4 is 5.32 Å². The standard InChI is InChI=1S/C29H25F2N5/c30-23-5-1-20(2-6-23)26-25-18-36(17-19-9-13-32-14-10-19)35-29(25)34-28(22-3-7-24(31)8-4-22)27(26)21-11-15-33-16-12-21/h1-8,11-12,15-16,18-19,32H,9-10,13-14,17H2. The van der Waals surface area contributed by atoms with E-state index in [0.717, 1.165) is 65.7 Å². The van der Waals surface area contributed by atoms with E-state index in [1.165, 1.54) is 24.3 Å². The molecule has 0 bridgehead atoms. The molecule has 0 amide bonds. The third-order valence-corrected chi connectivity index (χ3v) is 6.84. The third kappa shape index (κ3) is 4.38. The van der Waals surface area contributed by atoms with Crippen molar-refractivity contribution in [1.29, 1.82) is 0 Å². The maximum atomic E-state index is 13.9. The molecule has 1 N–H and O–H groups in total. The molecule has 5 nitrogen and oxygen atoms in total. The number of fused-ring (bicyclic) bond motifs is 1. The molecule has 6 rings (SSSR count). The van der Waals surface area contributed by atoms with Crippen molar-refractivity contribution < 1.29 is 8.78 Å². The molecule has 7 heteroatoms. The molecular weight excluding hydrogens is 456 g/mol. The first-order valence-corrected chi connectivity index (χ1v) is 12.2. The van der Waals surface area contributed by atoms with Gasteiger partial charge in [-0.1, -0.05) is 12.1 Å². The first-order chi connectivity index (χ1) is 17.7. The molecule has 1 aliphatic heterocycles. The van der Waals surface area contributed by atoms with E-state index in [2.05, 4.69) is 16.5 Å². The molecule has 0 radical (unpaired) electrons. The molecule has 4 heterocycles. The first-order valence-electron chi connectivity index (χ1n) is 12.2. The van der Waals surface area contributed by atoms with Crippen LogP contribution in [0, 0.1) is 17.6 Å². The van der Waals surface area contributed by atoms with E-state index >= 15 is 0 Å². The molecule has 0 unspecified atom stereocenters. The van der Waals surface area contributed by atoms with E-state index in [-0.39, 0.29) is 11.6 Å². The van der Waals surface area contributed by atoms with Gasteiger partial charge in [0.1, 0.15) is 11.6 Å². The van der Waals surface area contributed by atoms with E-state index in [9.17, 15) is 8.78 Å². The van der Waals surface area contributed by atoms with E-state index in [1.807, 2.05) is 16.8 Å². The Bertz CT molecular complexity index is 1490. The number of pyridine rings is 2. The van der Waals surface area contributed by atoms with Crippen molar-refractivity contribution in [1.82, 2.24) is 25.1 Å². The van der Waals surface area contributed by atoms with Crippen LogP contribution in [0.15, 0.2) is 79.3 Å². The third-order valence-electron chi connectivity index (χ3n) is 6.84. The molecule has 36 heavy (non-hydrogen) atoms. The molecule has 2 aromatic carbocycles. The molecule has 0 spiro atoms. The summed E-state index contributed by atoms with van der Waals surface area (Å²) in [7, 11) is 0. The smallest absolute Gasteiger partial charge is 0.182 e. The van der Waals surface area contributed by atoms with Crippen LogP contribution in [-0.2, 0) is 6.54 Å². The number of nitrogens with one attached hydrogen (secondary N) is 1. The lowest BCUT2D eigenvalue weighted by molar-refractivity contribution is 0.322. The summed E-state index contributed by atoms with van der Waals surface area (Å²) in [6.45, 7) is 2.86. The maximum absolute atomic E-state index is 13.9. The largest absolute Gasteiger partial charge is 0.317 e. The van der Waals surface area contributed by atoms with Gasteiger partial charge in [-0.15, -0.1) is 0 Å². The maximum Gasteiger partial charge on any atom is 0.182 e. The lowest BCUT2D eigenvalue weighted by Crippen LogP contribution is -2.29. The second kappa shape index (κ2) is 9.59. The topological polar surface area (TPSA) is 55.6 Å². The average Bonchev–Trinajstić information content (AvgIpc) is 3.32. The Morgan fingerprint density at radius 1 is 0.778 bits per heavy atom. The first kappa shape index (κ1) is 22.5. The van der Waals surface area contributed by atoms with Crippen molar-refractivity contribution in [2.75, 3.05) is 13.1 Å². The molecular formula is C29H25F2N5. The van der Waals surface area contributed by atoms with Gasteiger partial charge < -0.3 is 5.32 Å². The molecule has 0 aliphatic carbocycles. The van der Waals surface area contributed by atoms with E-state index in [1.54, 1.807) is 36.7 Å². The number of halogens is 2. The van der Waals surface area contributed by atoms with Gasteiger partial charge in [0.25, 0.3) is 0 Å². The van der Waals surface area contributed by atoms with Crippen molar-refractivity contribution in [2.45, 2.75) is 19.4 Å². The number of hydrogen-bond donors (Lipinski definition) is 1. The summed E-state index contributed by atoms with van der Waals surface area (Å²) < 4.78 is 29.7. The summed E-state index contributed by atoms with van der Waals surface area (Å²) in [6, 6.07) is 16.7. The Kier molecular flexibility index (Phi) is 5.99. The number of hydrogen-bond acceptors (Lipinski definition) is 4. The Hall–Kier alpha value is -3.97. The molecule has 1 fully saturated rings. The van der Waals surface area contributed by atoms with Gasteiger partial charge in [-0.05, 0) is 91.5 Å². The van der Waals surface area contributed by atoms with Crippen molar-refractivity contribution in [3.05, 3.63) is 90.9 Å². The fourth-order valence-corrected chi connectivity index (χ4v) is 5.04. The minimum Gasteiger partial charge on any atom is -0.317 e. The number of nitrogens with zero attached hydrogens (tertiary/aromatic N) is 4. The average molecular weight is 482 g/mol. The SMILES string of the molecule is Fc1ccc(-c2nc3nn(CC4CCNCC4)cc3c(-c3ccc(F)cc3)c2-c2ccncc2)cc1. The molecule has 0 atom stereocenters. The van der Waals surface area contributed by atoms with Crippen LogP contribution in [-0.4, -0.2) is 32.8 Å². The van der Waals surface area contributed by atoms with Crippen LogP contribution in [0.1, 0.15) is 12.8 Å². The minimum atomic E-state index is -0.310. The predicted molar refractivity (Wildman–Crippen MR) is 137 cm³/mol. The van der Waals surface area contributed by atoms with Gasteiger partial charge in [0, 0.05) is 47.2 Å². The Balaban J connectivity index is 1.63. The normalized spacial score (nSPS) is 14.4. The molecule has 1 aliphatic rings. The zero-order valence-corrected chi connectivity index (χ0v) is 19.7. The van der Waals surface area contributed by atoms with Crippen molar-refractivity contribution in [2.24, 2.45) is 5.92 Å². The fraction of sp³-hybridized carbons (Fsp3) is 0.207. The minimum absolute atomic E-state index is 0.296. The van der Waals surface area contributed by atoms with Crippen LogP contribution in [0.4, 0.5) is 8.78 Å².